The number of amides is 1. The Hall–Kier alpha value is -3.19. The van der Waals surface area contributed by atoms with Crippen molar-refractivity contribution in [3.63, 3.8) is 0 Å². The summed E-state index contributed by atoms with van der Waals surface area (Å²) in [5, 5.41) is 3.34. The van der Waals surface area contributed by atoms with E-state index in [-0.39, 0.29) is 24.6 Å². The van der Waals surface area contributed by atoms with Gasteiger partial charge < -0.3 is 14.8 Å². The van der Waals surface area contributed by atoms with E-state index < -0.39 is 12.1 Å². The molecule has 0 spiro atoms. The van der Waals surface area contributed by atoms with Gasteiger partial charge in [-0.2, -0.15) is 9.98 Å². The van der Waals surface area contributed by atoms with Crippen LogP contribution in [-0.4, -0.2) is 37.5 Å². The molecule has 1 heterocycles. The van der Waals surface area contributed by atoms with Crippen molar-refractivity contribution in [2.75, 3.05) is 13.8 Å². The molecule has 1 aliphatic heterocycles. The minimum absolute atomic E-state index is 0.233. The van der Waals surface area contributed by atoms with Gasteiger partial charge in [0.05, 0.1) is 30.0 Å². The minimum atomic E-state index is -1.08. The van der Waals surface area contributed by atoms with E-state index >= 15 is 0 Å². The molecule has 1 amide bonds. The Bertz CT molecular complexity index is 1300. The van der Waals surface area contributed by atoms with E-state index in [1.165, 1.54) is 12.8 Å². The van der Waals surface area contributed by atoms with Crippen molar-refractivity contribution in [1.82, 2.24) is 5.32 Å². The number of rotatable bonds is 9. The van der Waals surface area contributed by atoms with Crippen molar-refractivity contribution < 1.29 is 18.7 Å². The van der Waals surface area contributed by atoms with Gasteiger partial charge in [-0.15, -0.1) is 0 Å². The highest BCUT2D eigenvalue weighted by Crippen LogP contribution is 2.35. The van der Waals surface area contributed by atoms with Gasteiger partial charge in [-0.1, -0.05) is 17.7 Å². The summed E-state index contributed by atoms with van der Waals surface area (Å²) in [6.07, 6.45) is 4.15. The number of alkyl halides is 1. The Balaban J connectivity index is 1.55. The predicted molar refractivity (Wildman–Crippen MR) is 155 cm³/mol. The van der Waals surface area contributed by atoms with Gasteiger partial charge in [0.15, 0.2) is 0 Å². The Morgan fingerprint density at radius 1 is 1.15 bits per heavy atom. The topological polar surface area (TPSA) is 72.3 Å². The molecule has 0 radical (unpaired) electrons. The number of amidine groups is 1. The molecule has 0 bridgehead atoms. The highest BCUT2D eigenvalue weighted by Gasteiger charge is 2.29. The number of allylic oxidation sites excluding steroid dienone is 1. The Morgan fingerprint density at radius 2 is 1.87 bits per heavy atom. The van der Waals surface area contributed by atoms with Gasteiger partial charge in [0.2, 0.25) is 5.91 Å². The molecule has 1 atom stereocenters. The van der Waals surface area contributed by atoms with Gasteiger partial charge in [0, 0.05) is 17.1 Å². The van der Waals surface area contributed by atoms with Crippen molar-refractivity contribution in [2.45, 2.75) is 66.0 Å². The third kappa shape index (κ3) is 7.27. The predicted octanol–water partition coefficient (Wildman–Crippen LogP) is 7.15. The molecule has 0 saturated heterocycles. The number of hydrogen-bond donors (Lipinski definition) is 1. The molecule has 2 aliphatic rings. The average molecular weight is 554 g/mol. The molecule has 4 rings (SSSR count). The van der Waals surface area contributed by atoms with Crippen molar-refractivity contribution in [2.24, 2.45) is 21.3 Å². The quantitative estimate of drug-likeness (QED) is 0.358. The maximum absolute atomic E-state index is 13.2. The number of methoxy groups -OCH3 is 1. The number of hydrogen-bond acceptors (Lipinski definition) is 5. The third-order valence-corrected chi connectivity index (χ3v) is 7.57. The van der Waals surface area contributed by atoms with Gasteiger partial charge in [0.25, 0.3) is 0 Å². The Labute approximate surface area is 235 Å². The summed E-state index contributed by atoms with van der Waals surface area (Å²) in [5.74, 6) is 1.19. The fourth-order valence-corrected chi connectivity index (χ4v) is 4.56. The Morgan fingerprint density at radius 3 is 2.51 bits per heavy atom. The van der Waals surface area contributed by atoms with E-state index in [2.05, 4.69) is 12.2 Å². The Kier molecular flexibility index (Phi) is 9.11. The van der Waals surface area contributed by atoms with Crippen LogP contribution in [0.4, 0.5) is 4.39 Å². The maximum atomic E-state index is 13.2. The first-order valence-electron chi connectivity index (χ1n) is 13.4. The smallest absolute Gasteiger partial charge is 0.316 e. The lowest BCUT2D eigenvalue weighted by Gasteiger charge is -2.20. The van der Waals surface area contributed by atoms with Crippen LogP contribution in [0.5, 0.6) is 5.75 Å². The molecule has 208 valence electrons. The van der Waals surface area contributed by atoms with Gasteiger partial charge in [-0.3, -0.25) is 4.79 Å². The molecule has 8 heteroatoms. The number of carbonyl (C=O) groups is 1. The molecule has 2 aromatic rings. The number of benzene rings is 2. The summed E-state index contributed by atoms with van der Waals surface area (Å²) in [4.78, 5) is 21.8. The van der Waals surface area contributed by atoms with E-state index in [0.717, 1.165) is 40.1 Å². The van der Waals surface area contributed by atoms with Crippen molar-refractivity contribution in [3.8, 4) is 5.75 Å². The van der Waals surface area contributed by atoms with Gasteiger partial charge >= 0.3 is 6.02 Å². The summed E-state index contributed by atoms with van der Waals surface area (Å²) in [6, 6.07) is 13.8. The van der Waals surface area contributed by atoms with E-state index in [1.807, 2.05) is 43.3 Å². The van der Waals surface area contributed by atoms with Crippen LogP contribution in [0.1, 0.15) is 70.1 Å². The number of aliphatic imine (C=N–C) groups is 2. The fraction of sp³-hybridized carbons (Fsp3) is 0.452. The molecule has 39 heavy (non-hydrogen) atoms. The van der Waals surface area contributed by atoms with Crippen LogP contribution in [-0.2, 0) is 16.1 Å². The van der Waals surface area contributed by atoms with E-state index in [1.54, 1.807) is 27.0 Å². The van der Waals surface area contributed by atoms with Crippen molar-refractivity contribution >= 4 is 34.9 Å². The first-order valence-corrected chi connectivity index (χ1v) is 13.8. The zero-order valence-electron chi connectivity index (χ0n) is 23.3. The lowest BCUT2D eigenvalue weighted by molar-refractivity contribution is -0.130. The standard InChI is InChI=1S/C31H37ClFN3O3/c1-19-6-15-27(23-10-12-24(13-11-23)39-20(2)22-8-9-22)35-30(38-5)36-28(19)25-16-21(7-14-26(25)32)17-34-29(37)31(3,4)18-33/h7,10-14,16,20,22H,6,8-9,15,17-18H2,1-5H3,(H,34,37)/b28-19+,35-27?,36-30?/t20-/m1/s1. The SMILES string of the molecule is COC1=N/C(c2cc(CNC(=O)C(C)(C)CF)ccc2Cl)=C(\C)CCC(c2ccc(O[C@H](C)C3CC3)cc2)=N1. The monoisotopic (exact) mass is 553 g/mol. The molecule has 1 saturated carbocycles. The molecule has 0 aromatic heterocycles. The summed E-state index contributed by atoms with van der Waals surface area (Å²) in [6.45, 7) is 6.83. The summed E-state index contributed by atoms with van der Waals surface area (Å²) in [7, 11) is 1.55. The van der Waals surface area contributed by atoms with Crippen LogP contribution in [0.3, 0.4) is 0 Å². The largest absolute Gasteiger partial charge is 0.490 e. The molecule has 1 aliphatic carbocycles. The van der Waals surface area contributed by atoms with Crippen LogP contribution >= 0.6 is 11.6 Å². The molecule has 2 aromatic carbocycles. The highest BCUT2D eigenvalue weighted by molar-refractivity contribution is 6.32. The molecular weight excluding hydrogens is 517 g/mol. The second-order valence-corrected chi connectivity index (χ2v) is 11.4. The average Bonchev–Trinajstić information content (AvgIpc) is 3.77. The molecular formula is C31H37ClFN3O3. The van der Waals surface area contributed by atoms with Crippen molar-refractivity contribution in [3.05, 3.63) is 69.8 Å². The second-order valence-electron chi connectivity index (χ2n) is 11.0. The van der Waals surface area contributed by atoms with Crippen molar-refractivity contribution in [1.29, 1.82) is 0 Å². The van der Waals surface area contributed by atoms with Crippen LogP contribution < -0.4 is 10.1 Å². The molecule has 1 N–H and O–H groups in total. The van der Waals surface area contributed by atoms with E-state index in [4.69, 9.17) is 31.1 Å². The molecule has 1 fully saturated rings. The van der Waals surface area contributed by atoms with Crippen LogP contribution in [0.15, 0.2) is 58.0 Å². The maximum Gasteiger partial charge on any atom is 0.316 e. The number of carbonyl (C=O) groups excluding carboxylic acids is 1. The normalized spacial score (nSPS) is 18.8. The zero-order chi connectivity index (χ0) is 28.2. The lowest BCUT2D eigenvalue weighted by Crippen LogP contribution is -2.37. The fourth-order valence-electron chi connectivity index (χ4n) is 4.35. The molecule has 6 nitrogen and oxygen atoms in total. The van der Waals surface area contributed by atoms with Crippen LogP contribution in [0.2, 0.25) is 5.02 Å². The van der Waals surface area contributed by atoms with E-state index in [9.17, 15) is 9.18 Å². The number of nitrogens with zero attached hydrogens (tertiary/aromatic N) is 2. The van der Waals surface area contributed by atoms with Crippen LogP contribution in [0.25, 0.3) is 5.70 Å². The van der Waals surface area contributed by atoms with E-state index in [0.29, 0.717) is 23.1 Å². The second kappa shape index (κ2) is 12.3. The summed E-state index contributed by atoms with van der Waals surface area (Å²) < 4.78 is 24.8. The summed E-state index contributed by atoms with van der Waals surface area (Å²) >= 11 is 6.61. The minimum Gasteiger partial charge on any atom is -0.490 e. The van der Waals surface area contributed by atoms with Crippen LogP contribution in [0, 0.1) is 11.3 Å². The number of nitrogens with one attached hydrogen (secondary N) is 1. The lowest BCUT2D eigenvalue weighted by atomic mass is 9.94. The third-order valence-electron chi connectivity index (χ3n) is 7.24. The first kappa shape index (κ1) is 28.8. The number of halogens is 2. The molecule has 0 unspecified atom stereocenters. The zero-order valence-corrected chi connectivity index (χ0v) is 24.1. The van der Waals surface area contributed by atoms with Gasteiger partial charge in [-0.25, -0.2) is 4.39 Å². The highest BCUT2D eigenvalue weighted by atomic mass is 35.5. The number of ether oxygens (including phenoxy) is 2. The van der Waals surface area contributed by atoms with Gasteiger partial charge in [0.1, 0.15) is 12.4 Å². The summed E-state index contributed by atoms with van der Waals surface area (Å²) in [5.41, 5.74) is 4.08. The first-order chi connectivity index (χ1) is 18.6. The van der Waals surface area contributed by atoms with Gasteiger partial charge in [-0.05, 0) is 112 Å².